The number of H-pyrrole nitrogens is 2. The predicted octanol–water partition coefficient (Wildman–Crippen LogP) is 0.331. The molecule has 0 aliphatic heterocycles. The maximum absolute atomic E-state index is 11.6. The summed E-state index contributed by atoms with van der Waals surface area (Å²) < 4.78 is 0. The van der Waals surface area contributed by atoms with Gasteiger partial charge in [0.2, 0.25) is 0 Å². The van der Waals surface area contributed by atoms with E-state index in [-0.39, 0.29) is 17.8 Å². The number of aromatic carboxylic acids is 1. The zero-order chi connectivity index (χ0) is 13.8. The third-order valence-electron chi connectivity index (χ3n) is 2.49. The molecule has 2 rings (SSSR count). The minimum Gasteiger partial charge on any atom is -0.478 e. The van der Waals surface area contributed by atoms with Crippen LogP contribution in [-0.2, 0) is 6.54 Å². The molecular weight excluding hydrogens is 250 g/mol. The van der Waals surface area contributed by atoms with Gasteiger partial charge in [-0.2, -0.15) is 0 Å². The van der Waals surface area contributed by atoms with Gasteiger partial charge in [0.05, 0.1) is 5.56 Å². The van der Waals surface area contributed by atoms with E-state index in [4.69, 9.17) is 5.11 Å². The molecule has 0 saturated carbocycles. The van der Waals surface area contributed by atoms with Crippen LogP contribution in [0.25, 0.3) is 0 Å². The first-order valence-electron chi connectivity index (χ1n) is 5.44. The van der Waals surface area contributed by atoms with Crippen LogP contribution in [0.5, 0.6) is 0 Å². The number of carboxylic acid groups (broad SMARTS) is 1. The van der Waals surface area contributed by atoms with Crippen LogP contribution in [0.2, 0.25) is 0 Å². The summed E-state index contributed by atoms with van der Waals surface area (Å²) in [6.07, 6.45) is 1.28. The van der Waals surface area contributed by atoms with Crippen LogP contribution in [0.1, 0.15) is 26.4 Å². The lowest BCUT2D eigenvalue weighted by Gasteiger charge is -2.04. The zero-order valence-corrected chi connectivity index (χ0v) is 9.77. The molecule has 1 amide bonds. The SMILES string of the molecule is O=C(O)c1ccc(CNC(=O)c2c[nH]c(=O)[nH]2)cc1. The summed E-state index contributed by atoms with van der Waals surface area (Å²) >= 11 is 0. The van der Waals surface area contributed by atoms with Crippen molar-refractivity contribution in [3.63, 3.8) is 0 Å². The lowest BCUT2D eigenvalue weighted by Crippen LogP contribution is -2.23. The van der Waals surface area contributed by atoms with Gasteiger partial charge in [0.25, 0.3) is 5.91 Å². The van der Waals surface area contributed by atoms with E-state index in [0.29, 0.717) is 0 Å². The summed E-state index contributed by atoms with van der Waals surface area (Å²) in [7, 11) is 0. The highest BCUT2D eigenvalue weighted by molar-refractivity contribution is 5.92. The molecule has 0 bridgehead atoms. The number of nitrogens with one attached hydrogen (secondary N) is 3. The van der Waals surface area contributed by atoms with Crippen LogP contribution in [0.3, 0.4) is 0 Å². The first-order valence-corrected chi connectivity index (χ1v) is 5.44. The van der Waals surface area contributed by atoms with Gasteiger partial charge in [0.15, 0.2) is 0 Å². The van der Waals surface area contributed by atoms with E-state index in [0.717, 1.165) is 5.56 Å². The van der Waals surface area contributed by atoms with Gasteiger partial charge in [0, 0.05) is 12.7 Å². The van der Waals surface area contributed by atoms with Gasteiger partial charge in [-0.25, -0.2) is 9.59 Å². The Morgan fingerprint density at radius 3 is 2.42 bits per heavy atom. The molecule has 1 aromatic carbocycles. The van der Waals surface area contributed by atoms with Crippen molar-refractivity contribution >= 4 is 11.9 Å². The molecule has 0 atom stereocenters. The summed E-state index contributed by atoms with van der Waals surface area (Å²) in [6, 6.07) is 6.15. The van der Waals surface area contributed by atoms with Gasteiger partial charge in [-0.15, -0.1) is 0 Å². The first-order chi connectivity index (χ1) is 9.06. The monoisotopic (exact) mass is 261 g/mol. The summed E-state index contributed by atoms with van der Waals surface area (Å²) in [5, 5.41) is 11.3. The van der Waals surface area contributed by atoms with Crippen LogP contribution < -0.4 is 11.0 Å². The topological polar surface area (TPSA) is 115 Å². The zero-order valence-electron chi connectivity index (χ0n) is 9.77. The average Bonchev–Trinajstić information content (AvgIpc) is 2.83. The predicted molar refractivity (Wildman–Crippen MR) is 66.0 cm³/mol. The average molecular weight is 261 g/mol. The van der Waals surface area contributed by atoms with Gasteiger partial charge in [-0.05, 0) is 17.7 Å². The molecule has 2 aromatic rings. The number of amides is 1. The number of hydrogen-bond acceptors (Lipinski definition) is 3. The quantitative estimate of drug-likeness (QED) is 0.634. The van der Waals surface area contributed by atoms with Crippen molar-refractivity contribution in [3.8, 4) is 0 Å². The Hall–Kier alpha value is -2.83. The second kappa shape index (κ2) is 5.21. The van der Waals surface area contributed by atoms with Crippen molar-refractivity contribution in [2.45, 2.75) is 6.54 Å². The Morgan fingerprint density at radius 2 is 1.89 bits per heavy atom. The molecule has 4 N–H and O–H groups in total. The molecule has 0 spiro atoms. The number of carbonyl (C=O) groups excluding carboxylic acids is 1. The molecule has 7 heteroatoms. The Balaban J connectivity index is 1.97. The van der Waals surface area contributed by atoms with Gasteiger partial charge in [0.1, 0.15) is 5.69 Å². The van der Waals surface area contributed by atoms with Crippen molar-refractivity contribution < 1.29 is 14.7 Å². The lowest BCUT2D eigenvalue weighted by molar-refractivity contribution is 0.0696. The molecular formula is C12H11N3O4. The molecule has 1 heterocycles. The maximum atomic E-state index is 11.6. The van der Waals surface area contributed by atoms with E-state index in [9.17, 15) is 14.4 Å². The van der Waals surface area contributed by atoms with E-state index in [1.807, 2.05) is 0 Å². The second-order valence-corrected chi connectivity index (χ2v) is 3.84. The summed E-state index contributed by atoms with van der Waals surface area (Å²) in [6.45, 7) is 0.242. The number of aromatic amines is 2. The number of carboxylic acids is 1. The minimum absolute atomic E-state index is 0.146. The summed E-state index contributed by atoms with van der Waals surface area (Å²) in [4.78, 5) is 37.8. The standard InChI is InChI=1S/C12H11N3O4/c16-10(9-6-14-12(19)15-9)13-5-7-1-3-8(4-2-7)11(17)18/h1-4,6H,5H2,(H,13,16)(H,17,18)(H2,14,15,19). The fourth-order valence-corrected chi connectivity index (χ4v) is 1.50. The van der Waals surface area contributed by atoms with Crippen molar-refractivity contribution in [3.05, 3.63) is 57.8 Å². The Labute approximate surface area is 107 Å². The first kappa shape index (κ1) is 12.6. The normalized spacial score (nSPS) is 10.1. The third-order valence-corrected chi connectivity index (χ3v) is 2.49. The molecule has 0 aliphatic rings. The number of hydrogen-bond donors (Lipinski definition) is 4. The molecule has 0 aliphatic carbocycles. The molecule has 0 fully saturated rings. The molecule has 7 nitrogen and oxygen atoms in total. The van der Waals surface area contributed by atoms with Crippen molar-refractivity contribution in [1.29, 1.82) is 0 Å². The van der Waals surface area contributed by atoms with Crippen LogP contribution in [0, 0.1) is 0 Å². The number of imidazole rings is 1. The molecule has 98 valence electrons. The third kappa shape index (κ3) is 3.09. The fraction of sp³-hybridized carbons (Fsp3) is 0.0833. The number of aromatic nitrogens is 2. The smallest absolute Gasteiger partial charge is 0.335 e. The summed E-state index contributed by atoms with van der Waals surface area (Å²) in [5.74, 6) is -1.42. The lowest BCUT2D eigenvalue weighted by atomic mass is 10.1. The summed E-state index contributed by atoms with van der Waals surface area (Å²) in [5.41, 5.74) is 0.643. The number of benzene rings is 1. The fourth-order valence-electron chi connectivity index (χ4n) is 1.50. The largest absolute Gasteiger partial charge is 0.478 e. The molecule has 19 heavy (non-hydrogen) atoms. The molecule has 0 unspecified atom stereocenters. The molecule has 1 aromatic heterocycles. The molecule has 0 radical (unpaired) electrons. The highest BCUT2D eigenvalue weighted by Crippen LogP contribution is 2.04. The highest BCUT2D eigenvalue weighted by Gasteiger charge is 2.07. The van der Waals surface area contributed by atoms with E-state index in [1.54, 1.807) is 12.1 Å². The van der Waals surface area contributed by atoms with E-state index < -0.39 is 17.6 Å². The van der Waals surface area contributed by atoms with Crippen molar-refractivity contribution in [1.82, 2.24) is 15.3 Å². The van der Waals surface area contributed by atoms with Crippen molar-refractivity contribution in [2.75, 3.05) is 0 Å². The number of carbonyl (C=O) groups is 2. The Morgan fingerprint density at radius 1 is 1.21 bits per heavy atom. The van der Waals surface area contributed by atoms with Crippen LogP contribution >= 0.6 is 0 Å². The van der Waals surface area contributed by atoms with Gasteiger partial charge in [-0.3, -0.25) is 4.79 Å². The highest BCUT2D eigenvalue weighted by atomic mass is 16.4. The van der Waals surface area contributed by atoms with Crippen LogP contribution in [0.4, 0.5) is 0 Å². The van der Waals surface area contributed by atoms with Gasteiger partial charge in [-0.1, -0.05) is 12.1 Å². The van der Waals surface area contributed by atoms with Crippen molar-refractivity contribution in [2.24, 2.45) is 0 Å². The van der Waals surface area contributed by atoms with Crippen LogP contribution in [-0.4, -0.2) is 27.0 Å². The number of rotatable bonds is 4. The Bertz CT molecular complexity index is 654. The van der Waals surface area contributed by atoms with Gasteiger partial charge < -0.3 is 20.4 Å². The van der Waals surface area contributed by atoms with Crippen LogP contribution in [0.15, 0.2) is 35.3 Å². The van der Waals surface area contributed by atoms with Gasteiger partial charge >= 0.3 is 11.7 Å². The molecule has 0 saturated heterocycles. The maximum Gasteiger partial charge on any atom is 0.335 e. The van der Waals surface area contributed by atoms with E-state index in [2.05, 4.69) is 15.3 Å². The minimum atomic E-state index is -1.000. The van der Waals surface area contributed by atoms with E-state index >= 15 is 0 Å². The second-order valence-electron chi connectivity index (χ2n) is 3.84. The Kier molecular flexibility index (Phi) is 3.46. The van der Waals surface area contributed by atoms with E-state index in [1.165, 1.54) is 18.3 Å².